The van der Waals surface area contributed by atoms with Gasteiger partial charge in [-0.25, -0.2) is 4.98 Å². The van der Waals surface area contributed by atoms with Gasteiger partial charge in [0.1, 0.15) is 11.2 Å². The summed E-state index contributed by atoms with van der Waals surface area (Å²) in [6.45, 7) is 1.90. The number of carbonyl (C=O) groups excluding carboxylic acids is 1. The molecule has 0 saturated carbocycles. The lowest BCUT2D eigenvalue weighted by Gasteiger charge is -2.05. The van der Waals surface area contributed by atoms with Crippen LogP contribution in [0.15, 0.2) is 46.8 Å². The molecule has 0 saturated heterocycles. The van der Waals surface area contributed by atoms with Gasteiger partial charge in [-0.3, -0.25) is 14.2 Å². The zero-order chi connectivity index (χ0) is 15.5. The van der Waals surface area contributed by atoms with E-state index in [0.717, 1.165) is 11.1 Å². The average molecular weight is 314 g/mol. The minimum Gasteiger partial charge on any atom is -0.465 e. The molecular formula is C16H14N2O3S. The van der Waals surface area contributed by atoms with Crippen LogP contribution in [-0.2, 0) is 16.1 Å². The standard InChI is InChI=1S/C16H14N2O3S/c1-2-21-13(19)8-18-10-17-14-12(9-22-15(14)16(18)20)11-6-4-3-5-7-11/h3-7,9-10H,2,8H2,1H3. The lowest BCUT2D eigenvalue weighted by molar-refractivity contribution is -0.143. The van der Waals surface area contributed by atoms with E-state index in [1.54, 1.807) is 6.92 Å². The first-order valence-corrected chi connectivity index (χ1v) is 7.76. The fraction of sp³-hybridized carbons (Fsp3) is 0.188. The number of fused-ring (bicyclic) bond motifs is 1. The SMILES string of the molecule is CCOC(=O)Cn1cnc2c(-c3ccccc3)csc2c1=O. The van der Waals surface area contributed by atoms with Crippen molar-refractivity contribution in [3.63, 3.8) is 0 Å². The van der Waals surface area contributed by atoms with E-state index in [-0.39, 0.29) is 12.1 Å². The molecule has 0 aliphatic carbocycles. The zero-order valence-electron chi connectivity index (χ0n) is 12.0. The van der Waals surface area contributed by atoms with E-state index in [0.29, 0.717) is 16.8 Å². The van der Waals surface area contributed by atoms with Gasteiger partial charge in [-0.15, -0.1) is 11.3 Å². The summed E-state index contributed by atoms with van der Waals surface area (Å²) in [5, 5.41) is 1.92. The Labute approximate surface area is 130 Å². The summed E-state index contributed by atoms with van der Waals surface area (Å²) in [6.07, 6.45) is 1.40. The Morgan fingerprint density at radius 3 is 2.82 bits per heavy atom. The quantitative estimate of drug-likeness (QED) is 0.695. The Kier molecular flexibility index (Phi) is 4.02. The molecule has 5 nitrogen and oxygen atoms in total. The molecule has 0 unspecified atom stereocenters. The van der Waals surface area contributed by atoms with Crippen LogP contribution in [0.3, 0.4) is 0 Å². The van der Waals surface area contributed by atoms with Crippen LogP contribution in [0.2, 0.25) is 0 Å². The molecule has 0 fully saturated rings. The number of thiophene rings is 1. The third kappa shape index (κ3) is 2.65. The molecule has 22 heavy (non-hydrogen) atoms. The third-order valence-corrected chi connectivity index (χ3v) is 4.19. The van der Waals surface area contributed by atoms with Crippen LogP contribution in [0.4, 0.5) is 0 Å². The van der Waals surface area contributed by atoms with Crippen molar-refractivity contribution in [1.82, 2.24) is 9.55 Å². The number of rotatable bonds is 4. The van der Waals surface area contributed by atoms with Crippen molar-refractivity contribution >= 4 is 27.5 Å². The smallest absolute Gasteiger partial charge is 0.326 e. The first-order valence-electron chi connectivity index (χ1n) is 6.88. The Morgan fingerprint density at radius 2 is 2.09 bits per heavy atom. The van der Waals surface area contributed by atoms with Crippen LogP contribution < -0.4 is 5.56 Å². The molecule has 112 valence electrons. The molecule has 6 heteroatoms. The zero-order valence-corrected chi connectivity index (χ0v) is 12.8. The van der Waals surface area contributed by atoms with Gasteiger partial charge >= 0.3 is 5.97 Å². The number of hydrogen-bond acceptors (Lipinski definition) is 5. The van der Waals surface area contributed by atoms with Gasteiger partial charge < -0.3 is 4.74 Å². The van der Waals surface area contributed by atoms with Gasteiger partial charge in [-0.2, -0.15) is 0 Å². The summed E-state index contributed by atoms with van der Waals surface area (Å²) in [5.41, 5.74) is 2.40. The van der Waals surface area contributed by atoms with Crippen LogP contribution >= 0.6 is 11.3 Å². The number of esters is 1. The first-order chi connectivity index (χ1) is 10.7. The summed E-state index contributed by atoms with van der Waals surface area (Å²) < 4.78 is 6.69. The van der Waals surface area contributed by atoms with Crippen molar-refractivity contribution in [2.45, 2.75) is 13.5 Å². The summed E-state index contributed by atoms with van der Waals surface area (Å²) in [4.78, 5) is 28.3. The molecule has 2 aromatic heterocycles. The van der Waals surface area contributed by atoms with Gasteiger partial charge in [0.2, 0.25) is 0 Å². The third-order valence-electron chi connectivity index (χ3n) is 3.24. The van der Waals surface area contributed by atoms with Crippen LogP contribution in [0.1, 0.15) is 6.92 Å². The molecule has 0 amide bonds. The van der Waals surface area contributed by atoms with E-state index in [1.165, 1.54) is 22.2 Å². The first kappa shape index (κ1) is 14.5. The van der Waals surface area contributed by atoms with E-state index < -0.39 is 5.97 Å². The predicted octanol–water partition coefficient (Wildman–Crippen LogP) is 2.69. The van der Waals surface area contributed by atoms with E-state index in [4.69, 9.17) is 4.74 Å². The highest BCUT2D eigenvalue weighted by atomic mass is 32.1. The molecule has 0 atom stereocenters. The monoisotopic (exact) mass is 314 g/mol. The van der Waals surface area contributed by atoms with Crippen LogP contribution in [-0.4, -0.2) is 22.1 Å². The Morgan fingerprint density at radius 1 is 1.32 bits per heavy atom. The molecule has 0 N–H and O–H groups in total. The molecular weight excluding hydrogens is 300 g/mol. The Balaban J connectivity index is 2.04. The van der Waals surface area contributed by atoms with E-state index in [2.05, 4.69) is 4.98 Å². The maximum atomic E-state index is 12.4. The Hall–Kier alpha value is -2.47. The van der Waals surface area contributed by atoms with Gasteiger partial charge in [0.05, 0.1) is 18.5 Å². The van der Waals surface area contributed by atoms with Crippen molar-refractivity contribution in [3.05, 3.63) is 52.4 Å². The second kappa shape index (κ2) is 6.11. The van der Waals surface area contributed by atoms with E-state index >= 15 is 0 Å². The van der Waals surface area contributed by atoms with Crippen molar-refractivity contribution in [2.24, 2.45) is 0 Å². The van der Waals surface area contributed by atoms with Crippen LogP contribution in [0.25, 0.3) is 21.3 Å². The van der Waals surface area contributed by atoms with Gasteiger partial charge in [0.15, 0.2) is 0 Å². The summed E-state index contributed by atoms with van der Waals surface area (Å²) in [6, 6.07) is 9.79. The van der Waals surface area contributed by atoms with Crippen molar-refractivity contribution in [2.75, 3.05) is 6.61 Å². The van der Waals surface area contributed by atoms with Crippen molar-refractivity contribution in [1.29, 1.82) is 0 Å². The molecule has 0 bridgehead atoms. The topological polar surface area (TPSA) is 61.2 Å². The number of nitrogens with zero attached hydrogens (tertiary/aromatic N) is 2. The minimum atomic E-state index is -0.439. The van der Waals surface area contributed by atoms with Crippen LogP contribution in [0, 0.1) is 0 Å². The number of aromatic nitrogens is 2. The number of carbonyl (C=O) groups is 1. The summed E-state index contributed by atoms with van der Waals surface area (Å²) in [5.74, 6) is -0.439. The largest absolute Gasteiger partial charge is 0.465 e. The van der Waals surface area contributed by atoms with Gasteiger partial charge in [0, 0.05) is 10.9 Å². The molecule has 2 heterocycles. The highest BCUT2D eigenvalue weighted by Gasteiger charge is 2.13. The summed E-state index contributed by atoms with van der Waals surface area (Å²) >= 11 is 1.34. The molecule has 3 rings (SSSR count). The molecule has 0 aliphatic heterocycles. The predicted molar refractivity (Wildman–Crippen MR) is 85.9 cm³/mol. The number of ether oxygens (including phenoxy) is 1. The molecule has 1 aromatic carbocycles. The van der Waals surface area contributed by atoms with Gasteiger partial charge in [-0.05, 0) is 12.5 Å². The van der Waals surface area contributed by atoms with Crippen molar-refractivity contribution < 1.29 is 9.53 Å². The molecule has 0 spiro atoms. The fourth-order valence-corrected chi connectivity index (χ4v) is 3.20. The number of benzene rings is 1. The maximum absolute atomic E-state index is 12.4. The molecule has 3 aromatic rings. The van der Waals surface area contributed by atoms with E-state index in [1.807, 2.05) is 35.7 Å². The Bertz CT molecular complexity index is 868. The molecule has 0 radical (unpaired) electrons. The van der Waals surface area contributed by atoms with Crippen LogP contribution in [0.5, 0.6) is 0 Å². The average Bonchev–Trinajstić information content (AvgIpc) is 2.96. The minimum absolute atomic E-state index is 0.117. The van der Waals surface area contributed by atoms with Gasteiger partial charge in [-0.1, -0.05) is 30.3 Å². The lowest BCUT2D eigenvalue weighted by atomic mass is 10.1. The number of hydrogen-bond donors (Lipinski definition) is 0. The second-order valence-electron chi connectivity index (χ2n) is 4.68. The second-order valence-corrected chi connectivity index (χ2v) is 5.56. The maximum Gasteiger partial charge on any atom is 0.326 e. The fourth-order valence-electron chi connectivity index (χ4n) is 2.22. The lowest BCUT2D eigenvalue weighted by Crippen LogP contribution is -2.25. The van der Waals surface area contributed by atoms with Gasteiger partial charge in [0.25, 0.3) is 5.56 Å². The van der Waals surface area contributed by atoms with Crippen molar-refractivity contribution in [3.8, 4) is 11.1 Å². The molecule has 0 aliphatic rings. The normalized spacial score (nSPS) is 10.8. The summed E-state index contributed by atoms with van der Waals surface area (Å²) in [7, 11) is 0. The van der Waals surface area contributed by atoms with E-state index in [9.17, 15) is 9.59 Å². The highest BCUT2D eigenvalue weighted by Crippen LogP contribution is 2.30. The highest BCUT2D eigenvalue weighted by molar-refractivity contribution is 7.17.